The van der Waals surface area contributed by atoms with Crippen molar-refractivity contribution in [2.45, 2.75) is 6.92 Å². The predicted molar refractivity (Wildman–Crippen MR) is 58.8 cm³/mol. The molecule has 0 aliphatic carbocycles. The van der Waals surface area contributed by atoms with E-state index in [0.717, 1.165) is 0 Å². The molecular weight excluding hydrogens is 198 g/mol. The fraction of sp³-hybridized carbons (Fsp3) is 0.300. The van der Waals surface area contributed by atoms with Crippen LogP contribution in [-0.4, -0.2) is 18.9 Å². The highest BCUT2D eigenvalue weighted by atomic mass is 32.1. The summed E-state index contributed by atoms with van der Waals surface area (Å²) in [6.45, 7) is 2.48. The number of benzene rings is 1. The highest BCUT2D eigenvalue weighted by molar-refractivity contribution is 7.78. The first kappa shape index (κ1) is 10.7. The van der Waals surface area contributed by atoms with Gasteiger partial charge in [0, 0.05) is 0 Å². The lowest BCUT2D eigenvalue weighted by Gasteiger charge is -2.08. The summed E-state index contributed by atoms with van der Waals surface area (Å²) in [5.74, 6) is 1.29. The molecule has 0 unspecified atom stereocenters. The monoisotopic (exact) mass is 209 g/mol. The maximum absolute atomic E-state index is 5.37. The molecule has 1 aromatic carbocycles. The van der Waals surface area contributed by atoms with Crippen molar-refractivity contribution in [1.82, 2.24) is 0 Å². The van der Waals surface area contributed by atoms with Gasteiger partial charge in [-0.15, -0.1) is 0 Å². The number of ether oxygens (including phenoxy) is 2. The smallest absolute Gasteiger partial charge is 0.158 e. The van der Waals surface area contributed by atoms with Gasteiger partial charge in [-0.25, -0.2) is 0 Å². The SMILES string of the molecule is CCOc1cccc(OC)c1N=C=S. The van der Waals surface area contributed by atoms with Gasteiger partial charge < -0.3 is 9.47 Å². The quantitative estimate of drug-likeness (QED) is 0.564. The van der Waals surface area contributed by atoms with Crippen LogP contribution in [0.15, 0.2) is 23.2 Å². The van der Waals surface area contributed by atoms with Crippen molar-refractivity contribution in [2.24, 2.45) is 4.99 Å². The highest BCUT2D eigenvalue weighted by Gasteiger charge is 2.07. The van der Waals surface area contributed by atoms with Gasteiger partial charge in [0.05, 0.1) is 18.9 Å². The predicted octanol–water partition coefficient (Wildman–Crippen LogP) is 2.83. The summed E-state index contributed by atoms with van der Waals surface area (Å²) in [4.78, 5) is 3.91. The van der Waals surface area contributed by atoms with E-state index in [9.17, 15) is 0 Å². The lowest BCUT2D eigenvalue weighted by atomic mass is 10.2. The van der Waals surface area contributed by atoms with Crippen LogP contribution in [0.3, 0.4) is 0 Å². The molecule has 0 heterocycles. The molecule has 0 radical (unpaired) electrons. The number of aliphatic imine (C=N–C) groups is 1. The van der Waals surface area contributed by atoms with E-state index < -0.39 is 0 Å². The number of hydrogen-bond acceptors (Lipinski definition) is 4. The number of para-hydroxylation sites is 1. The molecule has 74 valence electrons. The molecular formula is C10H11NO2S. The first-order valence-corrected chi connectivity index (χ1v) is 4.62. The zero-order valence-corrected chi connectivity index (χ0v) is 8.93. The minimum absolute atomic E-state index is 0.577. The molecule has 0 aliphatic rings. The first-order valence-electron chi connectivity index (χ1n) is 4.21. The molecule has 14 heavy (non-hydrogen) atoms. The van der Waals surface area contributed by atoms with Crippen LogP contribution >= 0.6 is 12.2 Å². The van der Waals surface area contributed by atoms with Gasteiger partial charge in [0.25, 0.3) is 0 Å². The summed E-state index contributed by atoms with van der Waals surface area (Å²) in [5, 5.41) is 2.31. The third-order valence-corrected chi connectivity index (χ3v) is 1.73. The van der Waals surface area contributed by atoms with Gasteiger partial charge in [0.15, 0.2) is 5.69 Å². The minimum Gasteiger partial charge on any atom is -0.494 e. The van der Waals surface area contributed by atoms with Crippen LogP contribution in [0.4, 0.5) is 5.69 Å². The molecule has 0 atom stereocenters. The van der Waals surface area contributed by atoms with E-state index in [2.05, 4.69) is 22.4 Å². The third-order valence-electron chi connectivity index (χ3n) is 1.64. The van der Waals surface area contributed by atoms with Crippen LogP contribution in [0.5, 0.6) is 11.5 Å². The van der Waals surface area contributed by atoms with E-state index in [1.807, 2.05) is 19.1 Å². The zero-order chi connectivity index (χ0) is 10.4. The van der Waals surface area contributed by atoms with Gasteiger partial charge in [-0.05, 0) is 31.3 Å². The summed E-state index contributed by atoms with van der Waals surface area (Å²) in [7, 11) is 1.58. The van der Waals surface area contributed by atoms with Gasteiger partial charge in [0.1, 0.15) is 11.5 Å². The summed E-state index contributed by atoms with van der Waals surface area (Å²) >= 11 is 4.56. The lowest BCUT2D eigenvalue weighted by Crippen LogP contribution is -1.93. The van der Waals surface area contributed by atoms with Crippen molar-refractivity contribution in [1.29, 1.82) is 0 Å². The van der Waals surface area contributed by atoms with Crippen LogP contribution < -0.4 is 9.47 Å². The number of thiocarbonyl (C=S) groups is 1. The van der Waals surface area contributed by atoms with E-state index in [4.69, 9.17) is 9.47 Å². The Morgan fingerprint density at radius 3 is 2.71 bits per heavy atom. The third kappa shape index (κ3) is 2.31. The van der Waals surface area contributed by atoms with E-state index >= 15 is 0 Å². The van der Waals surface area contributed by atoms with Crippen LogP contribution in [0.2, 0.25) is 0 Å². The molecule has 0 saturated carbocycles. The Bertz CT molecular complexity index is 359. The second kappa shape index (κ2) is 5.37. The maximum Gasteiger partial charge on any atom is 0.158 e. The average molecular weight is 209 g/mol. The largest absolute Gasteiger partial charge is 0.494 e. The van der Waals surface area contributed by atoms with Gasteiger partial charge in [0.2, 0.25) is 0 Å². The van der Waals surface area contributed by atoms with Gasteiger partial charge in [-0.3, -0.25) is 0 Å². The fourth-order valence-electron chi connectivity index (χ4n) is 1.09. The second-order valence-electron chi connectivity index (χ2n) is 2.44. The van der Waals surface area contributed by atoms with Gasteiger partial charge in [-0.1, -0.05) is 6.07 Å². The summed E-state index contributed by atoms with van der Waals surface area (Å²) in [6.07, 6.45) is 0. The van der Waals surface area contributed by atoms with Crippen LogP contribution in [0.25, 0.3) is 0 Å². The van der Waals surface area contributed by atoms with Gasteiger partial charge >= 0.3 is 0 Å². The maximum atomic E-state index is 5.37. The fourth-order valence-corrected chi connectivity index (χ4v) is 1.19. The van der Waals surface area contributed by atoms with E-state index in [0.29, 0.717) is 23.8 Å². The number of hydrogen-bond donors (Lipinski definition) is 0. The molecule has 0 aromatic heterocycles. The molecule has 1 aromatic rings. The Kier molecular flexibility index (Phi) is 4.11. The van der Waals surface area contributed by atoms with Crippen molar-refractivity contribution < 1.29 is 9.47 Å². The van der Waals surface area contributed by atoms with Crippen LogP contribution in [0, 0.1) is 0 Å². The molecule has 4 heteroatoms. The van der Waals surface area contributed by atoms with Crippen molar-refractivity contribution in [3.05, 3.63) is 18.2 Å². The summed E-state index contributed by atoms with van der Waals surface area (Å²) < 4.78 is 10.5. The van der Waals surface area contributed by atoms with Crippen molar-refractivity contribution >= 4 is 23.1 Å². The minimum atomic E-state index is 0.577. The molecule has 0 amide bonds. The average Bonchev–Trinajstić information content (AvgIpc) is 2.21. The molecule has 0 bridgehead atoms. The van der Waals surface area contributed by atoms with Crippen LogP contribution in [-0.2, 0) is 0 Å². The Morgan fingerprint density at radius 1 is 1.43 bits per heavy atom. The summed E-state index contributed by atoms with van der Waals surface area (Å²) in [5.41, 5.74) is 0.590. The van der Waals surface area contributed by atoms with Crippen molar-refractivity contribution in [2.75, 3.05) is 13.7 Å². The first-order chi connectivity index (χ1) is 6.83. The normalized spacial score (nSPS) is 9.00. The molecule has 0 fully saturated rings. The van der Waals surface area contributed by atoms with E-state index in [-0.39, 0.29) is 0 Å². The summed E-state index contributed by atoms with van der Waals surface area (Å²) in [6, 6.07) is 5.46. The Labute approximate surface area is 88.4 Å². The number of isothiocyanates is 1. The molecule has 3 nitrogen and oxygen atoms in total. The zero-order valence-electron chi connectivity index (χ0n) is 8.11. The molecule has 0 spiro atoms. The number of rotatable bonds is 4. The topological polar surface area (TPSA) is 30.8 Å². The Hall–Kier alpha value is -1.38. The van der Waals surface area contributed by atoms with Gasteiger partial charge in [-0.2, -0.15) is 4.99 Å². The molecule has 1 rings (SSSR count). The Balaban J connectivity index is 3.20. The van der Waals surface area contributed by atoms with E-state index in [1.54, 1.807) is 13.2 Å². The number of nitrogens with zero attached hydrogens (tertiary/aromatic N) is 1. The highest BCUT2D eigenvalue weighted by Crippen LogP contribution is 2.36. The Morgan fingerprint density at radius 2 is 2.14 bits per heavy atom. The standard InChI is InChI=1S/C10H11NO2S/c1-3-13-9-6-4-5-8(12-2)10(9)11-7-14/h4-6H,3H2,1-2H3. The van der Waals surface area contributed by atoms with Crippen molar-refractivity contribution in [3.8, 4) is 11.5 Å². The molecule has 0 saturated heterocycles. The lowest BCUT2D eigenvalue weighted by molar-refractivity contribution is 0.338. The number of methoxy groups -OCH3 is 1. The van der Waals surface area contributed by atoms with Crippen LogP contribution in [0.1, 0.15) is 6.92 Å². The molecule has 0 aliphatic heterocycles. The second-order valence-corrected chi connectivity index (χ2v) is 2.63. The molecule has 0 N–H and O–H groups in total. The van der Waals surface area contributed by atoms with E-state index in [1.165, 1.54) is 0 Å². The van der Waals surface area contributed by atoms with Crippen molar-refractivity contribution in [3.63, 3.8) is 0 Å².